The monoisotopic (exact) mass is 293 g/mol. The highest BCUT2D eigenvalue weighted by atomic mass is 35.5. The van der Waals surface area contributed by atoms with Crippen LogP contribution in [-0.4, -0.2) is 20.0 Å². The standard InChI is InChI=1S/C15H16ClNOS/c1-17(13-5-7-14(18-2)8-6-13)11-19-15-9-3-12(16)4-10-15/h3-10H,11H2,1-2H3. The third kappa shape index (κ3) is 4.08. The highest BCUT2D eigenvalue weighted by Crippen LogP contribution is 2.24. The lowest BCUT2D eigenvalue weighted by molar-refractivity contribution is 0.415. The van der Waals surface area contributed by atoms with Gasteiger partial charge >= 0.3 is 0 Å². The number of halogens is 1. The van der Waals surface area contributed by atoms with Crippen LogP contribution in [0.1, 0.15) is 0 Å². The van der Waals surface area contributed by atoms with E-state index in [1.807, 2.05) is 36.4 Å². The molecule has 100 valence electrons. The van der Waals surface area contributed by atoms with Crippen LogP contribution >= 0.6 is 23.4 Å². The molecule has 19 heavy (non-hydrogen) atoms. The fourth-order valence-corrected chi connectivity index (χ4v) is 2.56. The molecule has 0 bridgehead atoms. The van der Waals surface area contributed by atoms with Crippen molar-refractivity contribution in [2.75, 3.05) is 24.9 Å². The second-order valence-electron chi connectivity index (χ2n) is 4.12. The average molecular weight is 294 g/mol. The minimum absolute atomic E-state index is 0.771. The van der Waals surface area contributed by atoms with Gasteiger partial charge in [-0.05, 0) is 48.5 Å². The molecule has 0 fully saturated rings. The molecule has 0 heterocycles. The Hall–Kier alpha value is -1.32. The first-order valence-corrected chi connectivity index (χ1v) is 7.29. The van der Waals surface area contributed by atoms with Crippen LogP contribution in [0.5, 0.6) is 5.75 Å². The summed E-state index contributed by atoms with van der Waals surface area (Å²) >= 11 is 7.65. The van der Waals surface area contributed by atoms with Gasteiger partial charge in [0.25, 0.3) is 0 Å². The SMILES string of the molecule is COc1ccc(N(C)CSc2ccc(Cl)cc2)cc1. The Morgan fingerprint density at radius 1 is 1.05 bits per heavy atom. The van der Waals surface area contributed by atoms with Gasteiger partial charge in [-0.15, -0.1) is 11.8 Å². The zero-order valence-corrected chi connectivity index (χ0v) is 12.5. The topological polar surface area (TPSA) is 12.5 Å². The quantitative estimate of drug-likeness (QED) is 0.593. The Labute approximate surface area is 123 Å². The third-order valence-corrected chi connectivity index (χ3v) is 4.13. The minimum Gasteiger partial charge on any atom is -0.497 e. The van der Waals surface area contributed by atoms with E-state index in [2.05, 4.69) is 24.1 Å². The van der Waals surface area contributed by atoms with Gasteiger partial charge in [-0.3, -0.25) is 0 Å². The lowest BCUT2D eigenvalue weighted by Gasteiger charge is -2.19. The van der Waals surface area contributed by atoms with Crippen LogP contribution in [0.3, 0.4) is 0 Å². The highest BCUT2D eigenvalue weighted by Gasteiger charge is 2.02. The van der Waals surface area contributed by atoms with Gasteiger partial charge in [0.05, 0.1) is 13.0 Å². The van der Waals surface area contributed by atoms with Gasteiger partial charge in [0.15, 0.2) is 0 Å². The first-order valence-electron chi connectivity index (χ1n) is 5.92. The van der Waals surface area contributed by atoms with Crippen molar-refractivity contribution in [3.8, 4) is 5.75 Å². The van der Waals surface area contributed by atoms with Crippen molar-refractivity contribution in [2.24, 2.45) is 0 Å². The summed E-state index contributed by atoms with van der Waals surface area (Å²) in [6.45, 7) is 0. The van der Waals surface area contributed by atoms with Crippen molar-refractivity contribution in [3.63, 3.8) is 0 Å². The Morgan fingerprint density at radius 2 is 1.68 bits per heavy atom. The van der Waals surface area contributed by atoms with E-state index in [0.29, 0.717) is 0 Å². The van der Waals surface area contributed by atoms with Crippen LogP contribution in [0.15, 0.2) is 53.4 Å². The van der Waals surface area contributed by atoms with Gasteiger partial charge in [0.2, 0.25) is 0 Å². The van der Waals surface area contributed by atoms with Crippen LogP contribution in [0.25, 0.3) is 0 Å². The molecular formula is C15H16ClNOS. The molecule has 0 aliphatic carbocycles. The average Bonchev–Trinajstić information content (AvgIpc) is 2.46. The summed E-state index contributed by atoms with van der Waals surface area (Å²) in [4.78, 5) is 3.41. The summed E-state index contributed by atoms with van der Waals surface area (Å²) in [5.41, 5.74) is 1.17. The molecule has 0 amide bonds. The molecule has 2 aromatic rings. The maximum absolute atomic E-state index is 5.87. The van der Waals surface area contributed by atoms with Gasteiger partial charge in [0, 0.05) is 22.7 Å². The van der Waals surface area contributed by atoms with E-state index in [1.54, 1.807) is 18.9 Å². The number of nitrogens with zero attached hydrogens (tertiary/aromatic N) is 1. The summed E-state index contributed by atoms with van der Waals surface area (Å²) in [5, 5.41) is 0.771. The maximum Gasteiger partial charge on any atom is 0.119 e. The molecule has 0 aliphatic heterocycles. The van der Waals surface area contributed by atoms with Crippen LogP contribution < -0.4 is 9.64 Å². The summed E-state index contributed by atoms with van der Waals surface area (Å²) < 4.78 is 5.15. The van der Waals surface area contributed by atoms with Crippen molar-refractivity contribution < 1.29 is 4.74 Å². The first-order chi connectivity index (χ1) is 9.19. The molecule has 0 unspecified atom stereocenters. The molecule has 2 nitrogen and oxygen atoms in total. The van der Waals surface area contributed by atoms with E-state index < -0.39 is 0 Å². The fourth-order valence-electron chi connectivity index (χ4n) is 1.61. The van der Waals surface area contributed by atoms with Gasteiger partial charge in [-0.2, -0.15) is 0 Å². The third-order valence-electron chi connectivity index (χ3n) is 2.75. The Bertz CT molecular complexity index is 513. The number of anilines is 1. The molecule has 2 rings (SSSR count). The molecule has 0 atom stereocenters. The zero-order chi connectivity index (χ0) is 13.7. The lowest BCUT2D eigenvalue weighted by Crippen LogP contribution is -2.15. The van der Waals surface area contributed by atoms with Crippen LogP contribution in [0.2, 0.25) is 5.02 Å². The molecule has 0 radical (unpaired) electrons. The van der Waals surface area contributed by atoms with E-state index >= 15 is 0 Å². The smallest absolute Gasteiger partial charge is 0.119 e. The fraction of sp³-hybridized carbons (Fsp3) is 0.200. The maximum atomic E-state index is 5.87. The summed E-state index contributed by atoms with van der Waals surface area (Å²) in [6.07, 6.45) is 0. The van der Waals surface area contributed by atoms with Gasteiger partial charge < -0.3 is 9.64 Å². The number of rotatable bonds is 5. The molecule has 0 spiro atoms. The number of thioether (sulfide) groups is 1. The van der Waals surface area contributed by atoms with Crippen LogP contribution in [0.4, 0.5) is 5.69 Å². The van der Waals surface area contributed by atoms with E-state index in [-0.39, 0.29) is 0 Å². The molecule has 4 heteroatoms. The largest absolute Gasteiger partial charge is 0.497 e. The highest BCUT2D eigenvalue weighted by molar-refractivity contribution is 7.99. The van der Waals surface area contributed by atoms with Gasteiger partial charge in [0.1, 0.15) is 5.75 Å². The van der Waals surface area contributed by atoms with E-state index in [1.165, 1.54) is 10.6 Å². The lowest BCUT2D eigenvalue weighted by atomic mass is 10.3. The van der Waals surface area contributed by atoms with Crippen molar-refractivity contribution in [2.45, 2.75) is 4.90 Å². The molecular weight excluding hydrogens is 278 g/mol. The molecule has 0 saturated heterocycles. The second-order valence-corrected chi connectivity index (χ2v) is 5.58. The van der Waals surface area contributed by atoms with Crippen molar-refractivity contribution in [1.29, 1.82) is 0 Å². The van der Waals surface area contributed by atoms with Crippen molar-refractivity contribution in [1.82, 2.24) is 0 Å². The molecule has 0 aliphatic rings. The van der Waals surface area contributed by atoms with E-state index in [9.17, 15) is 0 Å². The Balaban J connectivity index is 1.93. The predicted octanol–water partition coefficient (Wildman–Crippen LogP) is 4.53. The zero-order valence-electron chi connectivity index (χ0n) is 11.0. The second kappa shape index (κ2) is 6.73. The van der Waals surface area contributed by atoms with Crippen molar-refractivity contribution in [3.05, 3.63) is 53.6 Å². The minimum atomic E-state index is 0.771. The number of ether oxygens (including phenoxy) is 1. The summed E-state index contributed by atoms with van der Waals surface area (Å²) in [5.74, 6) is 1.76. The molecule has 0 N–H and O–H groups in total. The Morgan fingerprint density at radius 3 is 2.26 bits per heavy atom. The number of hydrogen-bond donors (Lipinski definition) is 0. The molecule has 0 aromatic heterocycles. The van der Waals surface area contributed by atoms with E-state index in [4.69, 9.17) is 16.3 Å². The Kier molecular flexibility index (Phi) is 5.00. The number of hydrogen-bond acceptors (Lipinski definition) is 3. The summed E-state index contributed by atoms with van der Waals surface area (Å²) in [6, 6.07) is 16.0. The van der Waals surface area contributed by atoms with Gasteiger partial charge in [-0.1, -0.05) is 11.6 Å². The first kappa shape index (κ1) is 14.1. The number of benzene rings is 2. The van der Waals surface area contributed by atoms with E-state index in [0.717, 1.165) is 16.6 Å². The molecule has 0 saturated carbocycles. The van der Waals surface area contributed by atoms with Crippen LogP contribution in [-0.2, 0) is 0 Å². The number of methoxy groups -OCH3 is 1. The molecule has 2 aromatic carbocycles. The van der Waals surface area contributed by atoms with Crippen LogP contribution in [0, 0.1) is 0 Å². The predicted molar refractivity (Wildman–Crippen MR) is 83.6 cm³/mol. The normalized spacial score (nSPS) is 10.3. The summed E-state index contributed by atoms with van der Waals surface area (Å²) in [7, 11) is 3.75. The van der Waals surface area contributed by atoms with Crippen molar-refractivity contribution >= 4 is 29.1 Å². The van der Waals surface area contributed by atoms with Gasteiger partial charge in [-0.25, -0.2) is 0 Å².